The molecule has 4 nitrogen and oxygen atoms in total. The highest BCUT2D eigenvalue weighted by atomic mass is 16.5. The maximum atomic E-state index is 6.10. The van der Waals surface area contributed by atoms with Crippen molar-refractivity contribution in [1.82, 2.24) is 4.98 Å². The number of rotatable bonds is 3. The first kappa shape index (κ1) is 11.8. The third-order valence-electron chi connectivity index (χ3n) is 4.08. The van der Waals surface area contributed by atoms with Gasteiger partial charge in [0.1, 0.15) is 0 Å². The average molecular weight is 247 g/mol. The molecule has 18 heavy (non-hydrogen) atoms. The van der Waals surface area contributed by atoms with Gasteiger partial charge in [0.05, 0.1) is 18.5 Å². The first-order valence-corrected chi connectivity index (χ1v) is 6.90. The van der Waals surface area contributed by atoms with Crippen LogP contribution in [0.5, 0.6) is 5.88 Å². The quantitative estimate of drug-likeness (QED) is 0.887. The van der Waals surface area contributed by atoms with Crippen LogP contribution in [-0.2, 0) is 0 Å². The van der Waals surface area contributed by atoms with E-state index in [9.17, 15) is 0 Å². The molecule has 1 aromatic heterocycles. The molecule has 3 rings (SSSR count). The van der Waals surface area contributed by atoms with E-state index in [1.807, 2.05) is 19.2 Å². The fraction of sp³-hybridized carbons (Fsp3) is 0.643. The molecule has 2 aliphatic heterocycles. The second-order valence-electron chi connectivity index (χ2n) is 5.31. The zero-order valence-corrected chi connectivity index (χ0v) is 10.9. The third kappa shape index (κ3) is 2.05. The zero-order valence-electron chi connectivity index (χ0n) is 10.9. The van der Waals surface area contributed by atoms with Crippen LogP contribution in [0.2, 0.25) is 0 Å². The minimum Gasteiger partial charge on any atom is -0.478 e. The minimum absolute atomic E-state index is 0.384. The topological polar surface area (TPSA) is 51.4 Å². The van der Waals surface area contributed by atoms with Crippen molar-refractivity contribution in [3.05, 3.63) is 18.3 Å². The highest BCUT2D eigenvalue weighted by Crippen LogP contribution is 2.38. The summed E-state index contributed by atoms with van der Waals surface area (Å²) in [4.78, 5) is 6.88. The number of piperidine rings is 1. The van der Waals surface area contributed by atoms with E-state index in [2.05, 4.69) is 16.0 Å². The summed E-state index contributed by atoms with van der Waals surface area (Å²) in [7, 11) is 0. The lowest BCUT2D eigenvalue weighted by atomic mass is 9.98. The summed E-state index contributed by atoms with van der Waals surface area (Å²) in [5.74, 6) is 0.710. The molecule has 2 unspecified atom stereocenters. The van der Waals surface area contributed by atoms with Gasteiger partial charge < -0.3 is 15.4 Å². The number of pyridine rings is 1. The van der Waals surface area contributed by atoms with Crippen LogP contribution in [0.25, 0.3) is 0 Å². The predicted molar refractivity (Wildman–Crippen MR) is 71.9 cm³/mol. The molecular weight excluding hydrogens is 226 g/mol. The summed E-state index contributed by atoms with van der Waals surface area (Å²) in [6.07, 6.45) is 6.71. The standard InChI is InChI=1S/C14H21N3O/c1-2-18-14-6-5-13(9-16-14)17-11-3-4-12(17)8-10(15)7-11/h5-6,9-12H,2-4,7-8,15H2,1H3. The lowest BCUT2D eigenvalue weighted by Crippen LogP contribution is -2.47. The first-order chi connectivity index (χ1) is 8.78. The van der Waals surface area contributed by atoms with Gasteiger partial charge in [-0.05, 0) is 38.7 Å². The Morgan fingerprint density at radius 2 is 2.06 bits per heavy atom. The second kappa shape index (κ2) is 4.76. The van der Waals surface area contributed by atoms with Crippen molar-refractivity contribution in [2.24, 2.45) is 5.73 Å². The molecule has 98 valence electrons. The molecule has 2 aliphatic rings. The van der Waals surface area contributed by atoms with E-state index in [0.29, 0.717) is 30.6 Å². The van der Waals surface area contributed by atoms with Crippen molar-refractivity contribution in [3.63, 3.8) is 0 Å². The van der Waals surface area contributed by atoms with Crippen LogP contribution in [-0.4, -0.2) is 29.7 Å². The van der Waals surface area contributed by atoms with Crippen molar-refractivity contribution >= 4 is 5.69 Å². The number of ether oxygens (including phenoxy) is 1. The van der Waals surface area contributed by atoms with Gasteiger partial charge in [0.25, 0.3) is 0 Å². The van der Waals surface area contributed by atoms with E-state index in [4.69, 9.17) is 10.5 Å². The molecule has 4 heteroatoms. The Morgan fingerprint density at radius 1 is 1.33 bits per heavy atom. The Hall–Kier alpha value is -1.29. The van der Waals surface area contributed by atoms with E-state index < -0.39 is 0 Å². The number of hydrogen-bond donors (Lipinski definition) is 1. The van der Waals surface area contributed by atoms with E-state index in [1.54, 1.807) is 0 Å². The van der Waals surface area contributed by atoms with Crippen LogP contribution >= 0.6 is 0 Å². The number of aromatic nitrogens is 1. The summed E-state index contributed by atoms with van der Waals surface area (Å²) >= 11 is 0. The molecule has 2 N–H and O–H groups in total. The maximum absolute atomic E-state index is 6.10. The molecule has 2 saturated heterocycles. The summed E-state index contributed by atoms with van der Waals surface area (Å²) in [5, 5.41) is 0. The molecule has 2 bridgehead atoms. The molecule has 2 fully saturated rings. The molecule has 0 aliphatic carbocycles. The normalized spacial score (nSPS) is 30.6. The Balaban J connectivity index is 1.78. The van der Waals surface area contributed by atoms with Crippen molar-refractivity contribution in [3.8, 4) is 5.88 Å². The van der Waals surface area contributed by atoms with Gasteiger partial charge in [0, 0.05) is 24.2 Å². The fourth-order valence-electron chi connectivity index (χ4n) is 3.40. The smallest absolute Gasteiger partial charge is 0.213 e. The first-order valence-electron chi connectivity index (χ1n) is 6.90. The Kier molecular flexibility index (Phi) is 3.12. The molecule has 0 amide bonds. The van der Waals surface area contributed by atoms with Gasteiger partial charge in [0.2, 0.25) is 5.88 Å². The third-order valence-corrected chi connectivity index (χ3v) is 4.08. The van der Waals surface area contributed by atoms with Gasteiger partial charge in [-0.3, -0.25) is 0 Å². The average Bonchev–Trinajstić information content (AvgIpc) is 2.64. The van der Waals surface area contributed by atoms with Crippen molar-refractivity contribution < 1.29 is 4.74 Å². The molecule has 3 heterocycles. The van der Waals surface area contributed by atoms with Crippen LogP contribution in [0.4, 0.5) is 5.69 Å². The van der Waals surface area contributed by atoms with E-state index in [-0.39, 0.29) is 0 Å². The zero-order chi connectivity index (χ0) is 12.5. The van der Waals surface area contributed by atoms with Crippen LogP contribution in [0, 0.1) is 0 Å². The van der Waals surface area contributed by atoms with E-state index in [1.165, 1.54) is 18.5 Å². The van der Waals surface area contributed by atoms with E-state index in [0.717, 1.165) is 12.8 Å². The van der Waals surface area contributed by atoms with Gasteiger partial charge in [-0.15, -0.1) is 0 Å². The second-order valence-corrected chi connectivity index (χ2v) is 5.31. The van der Waals surface area contributed by atoms with Gasteiger partial charge in [0.15, 0.2) is 0 Å². The summed E-state index contributed by atoms with van der Waals surface area (Å²) < 4.78 is 5.38. The Morgan fingerprint density at radius 3 is 2.61 bits per heavy atom. The van der Waals surface area contributed by atoms with Gasteiger partial charge >= 0.3 is 0 Å². The SMILES string of the molecule is CCOc1ccc(N2C3CCC2CC(N)C3)cn1. The Labute approximate surface area is 108 Å². The van der Waals surface area contributed by atoms with Crippen molar-refractivity contribution in [2.45, 2.75) is 50.7 Å². The van der Waals surface area contributed by atoms with Crippen molar-refractivity contribution in [2.75, 3.05) is 11.5 Å². The lowest BCUT2D eigenvalue weighted by Gasteiger charge is -2.39. The number of nitrogens with two attached hydrogens (primary N) is 1. The Bertz CT molecular complexity index is 392. The van der Waals surface area contributed by atoms with E-state index >= 15 is 0 Å². The molecule has 1 aromatic rings. The molecule has 0 saturated carbocycles. The van der Waals surface area contributed by atoms with Crippen LogP contribution in [0.3, 0.4) is 0 Å². The van der Waals surface area contributed by atoms with Gasteiger partial charge in [-0.1, -0.05) is 0 Å². The maximum Gasteiger partial charge on any atom is 0.213 e. The highest BCUT2D eigenvalue weighted by molar-refractivity contribution is 5.49. The number of hydrogen-bond acceptors (Lipinski definition) is 4. The summed E-state index contributed by atoms with van der Waals surface area (Å²) in [6.45, 7) is 2.64. The minimum atomic E-state index is 0.384. The number of nitrogens with zero attached hydrogens (tertiary/aromatic N) is 2. The fourth-order valence-corrected chi connectivity index (χ4v) is 3.40. The van der Waals surface area contributed by atoms with Crippen LogP contribution in [0.1, 0.15) is 32.6 Å². The number of anilines is 1. The van der Waals surface area contributed by atoms with Crippen molar-refractivity contribution in [1.29, 1.82) is 0 Å². The molecular formula is C14H21N3O. The predicted octanol–water partition coefficient (Wildman–Crippen LogP) is 1.94. The van der Waals surface area contributed by atoms with Gasteiger partial charge in [-0.2, -0.15) is 0 Å². The number of fused-ring (bicyclic) bond motifs is 2. The molecule has 0 radical (unpaired) electrons. The van der Waals surface area contributed by atoms with Gasteiger partial charge in [-0.25, -0.2) is 4.98 Å². The molecule has 2 atom stereocenters. The van der Waals surface area contributed by atoms with Crippen LogP contribution < -0.4 is 15.4 Å². The molecule has 0 aromatic carbocycles. The summed E-state index contributed by atoms with van der Waals surface area (Å²) in [6, 6.07) is 5.69. The molecule has 0 spiro atoms. The van der Waals surface area contributed by atoms with Crippen LogP contribution in [0.15, 0.2) is 18.3 Å². The lowest BCUT2D eigenvalue weighted by molar-refractivity contribution is 0.326. The largest absolute Gasteiger partial charge is 0.478 e. The summed E-state index contributed by atoms with van der Waals surface area (Å²) in [5.41, 5.74) is 7.32. The monoisotopic (exact) mass is 247 g/mol. The highest BCUT2D eigenvalue weighted by Gasteiger charge is 2.39.